The van der Waals surface area contributed by atoms with Crippen molar-refractivity contribution in [1.82, 2.24) is 5.32 Å². The lowest BCUT2D eigenvalue weighted by Crippen LogP contribution is -2.16. The summed E-state index contributed by atoms with van der Waals surface area (Å²) < 4.78 is 12.8. The van der Waals surface area contributed by atoms with Gasteiger partial charge in [-0.05, 0) is 42.0 Å². The van der Waals surface area contributed by atoms with Gasteiger partial charge in [-0.15, -0.1) is 0 Å². The van der Waals surface area contributed by atoms with Gasteiger partial charge in [0.25, 0.3) is 5.91 Å². The molecule has 116 valence electrons. The van der Waals surface area contributed by atoms with E-state index in [1.165, 1.54) is 42.6 Å². The highest BCUT2D eigenvalue weighted by atomic mass is 19.1. The third-order valence-electron chi connectivity index (χ3n) is 2.96. The molecule has 2 aromatic rings. The lowest BCUT2D eigenvalue weighted by Gasteiger charge is -2.05. The van der Waals surface area contributed by atoms with Crippen LogP contribution >= 0.6 is 0 Å². The summed E-state index contributed by atoms with van der Waals surface area (Å²) in [6.45, 7) is 0.359. The van der Waals surface area contributed by atoms with Gasteiger partial charge in [-0.1, -0.05) is 12.1 Å². The van der Waals surface area contributed by atoms with Gasteiger partial charge in [-0.2, -0.15) is 5.26 Å². The average Bonchev–Trinajstić information content (AvgIpc) is 2.55. The number of phenolic OH excluding ortho intramolecular Hbond substituents is 1. The number of carbonyl (C=O) groups excluding carboxylic acids is 1. The van der Waals surface area contributed by atoms with Crippen molar-refractivity contribution in [2.75, 3.05) is 5.32 Å². The van der Waals surface area contributed by atoms with Crippen LogP contribution < -0.4 is 10.6 Å². The number of halogens is 1. The molecule has 0 unspecified atom stereocenters. The second kappa shape index (κ2) is 7.61. The Hall–Kier alpha value is -3.33. The molecule has 2 rings (SSSR count). The minimum Gasteiger partial charge on any atom is -0.508 e. The van der Waals surface area contributed by atoms with Crippen LogP contribution in [0.5, 0.6) is 5.75 Å². The number of nitriles is 1. The molecule has 6 heteroatoms. The summed E-state index contributed by atoms with van der Waals surface area (Å²) in [5.41, 5.74) is 1.19. The van der Waals surface area contributed by atoms with Crippen LogP contribution in [0.25, 0.3) is 0 Å². The Kier molecular flexibility index (Phi) is 5.31. The number of anilines is 1. The number of aromatic hydroxyl groups is 1. The van der Waals surface area contributed by atoms with Crippen LogP contribution in [0.2, 0.25) is 0 Å². The number of hydrogen-bond acceptors (Lipinski definition) is 4. The fourth-order valence-corrected chi connectivity index (χ4v) is 1.76. The Bertz CT molecular complexity index is 747. The van der Waals surface area contributed by atoms with Crippen molar-refractivity contribution < 1.29 is 14.3 Å². The average molecular weight is 311 g/mol. The van der Waals surface area contributed by atoms with Gasteiger partial charge >= 0.3 is 0 Å². The first-order valence-electron chi connectivity index (χ1n) is 6.77. The molecule has 0 atom stereocenters. The molecule has 0 bridgehead atoms. The van der Waals surface area contributed by atoms with E-state index in [-0.39, 0.29) is 17.1 Å². The molecule has 0 spiro atoms. The van der Waals surface area contributed by atoms with E-state index in [1.807, 2.05) is 0 Å². The highest BCUT2D eigenvalue weighted by Crippen LogP contribution is 2.14. The molecule has 1 amide bonds. The number of carbonyl (C=O) groups is 1. The van der Waals surface area contributed by atoms with E-state index in [9.17, 15) is 14.3 Å². The van der Waals surface area contributed by atoms with Crippen molar-refractivity contribution in [3.05, 3.63) is 71.7 Å². The summed E-state index contributed by atoms with van der Waals surface area (Å²) in [6, 6.07) is 13.6. The van der Waals surface area contributed by atoms with Gasteiger partial charge in [0.2, 0.25) is 0 Å². The Morgan fingerprint density at radius 2 is 1.83 bits per heavy atom. The second-order valence-corrected chi connectivity index (χ2v) is 4.68. The Morgan fingerprint density at radius 3 is 2.43 bits per heavy atom. The topological polar surface area (TPSA) is 85.2 Å². The van der Waals surface area contributed by atoms with Crippen LogP contribution in [0, 0.1) is 17.1 Å². The lowest BCUT2D eigenvalue weighted by atomic mass is 10.2. The Balaban J connectivity index is 1.95. The van der Waals surface area contributed by atoms with Crippen LogP contribution in [0.3, 0.4) is 0 Å². The second-order valence-electron chi connectivity index (χ2n) is 4.68. The number of rotatable bonds is 5. The van der Waals surface area contributed by atoms with Crippen LogP contribution in [-0.2, 0) is 11.3 Å². The van der Waals surface area contributed by atoms with E-state index in [1.54, 1.807) is 18.2 Å². The van der Waals surface area contributed by atoms with E-state index in [0.29, 0.717) is 12.2 Å². The molecular formula is C17H14FN3O2. The molecule has 5 nitrogen and oxygen atoms in total. The molecular weight excluding hydrogens is 297 g/mol. The predicted molar refractivity (Wildman–Crippen MR) is 83.7 cm³/mol. The zero-order valence-corrected chi connectivity index (χ0v) is 12.1. The van der Waals surface area contributed by atoms with E-state index in [2.05, 4.69) is 10.6 Å². The quantitative estimate of drug-likeness (QED) is 0.450. The molecule has 0 radical (unpaired) electrons. The third kappa shape index (κ3) is 4.86. The number of nitrogens with zero attached hydrogens (tertiary/aromatic N) is 1. The summed E-state index contributed by atoms with van der Waals surface area (Å²) in [5, 5.41) is 23.6. The van der Waals surface area contributed by atoms with Crippen LogP contribution in [0.15, 0.2) is 60.3 Å². The maximum absolute atomic E-state index is 12.8. The van der Waals surface area contributed by atoms with Crippen molar-refractivity contribution in [3.63, 3.8) is 0 Å². The number of amides is 1. The van der Waals surface area contributed by atoms with Gasteiger partial charge in [0.15, 0.2) is 0 Å². The molecule has 0 fully saturated rings. The molecule has 0 aliphatic heterocycles. The van der Waals surface area contributed by atoms with Gasteiger partial charge in [0.05, 0.1) is 0 Å². The van der Waals surface area contributed by atoms with Crippen LogP contribution in [0.1, 0.15) is 5.56 Å². The maximum Gasteiger partial charge on any atom is 0.267 e. The van der Waals surface area contributed by atoms with Gasteiger partial charge in [0, 0.05) is 18.4 Å². The Morgan fingerprint density at radius 1 is 1.17 bits per heavy atom. The van der Waals surface area contributed by atoms with Crippen molar-refractivity contribution in [2.24, 2.45) is 0 Å². The van der Waals surface area contributed by atoms with Crippen molar-refractivity contribution in [3.8, 4) is 11.8 Å². The first kappa shape index (κ1) is 16.0. The van der Waals surface area contributed by atoms with E-state index in [0.717, 1.165) is 5.56 Å². The molecule has 3 N–H and O–H groups in total. The van der Waals surface area contributed by atoms with E-state index >= 15 is 0 Å². The molecule has 0 saturated heterocycles. The smallest absolute Gasteiger partial charge is 0.267 e. The van der Waals surface area contributed by atoms with Gasteiger partial charge < -0.3 is 15.7 Å². The number of hydrogen-bond donors (Lipinski definition) is 3. The summed E-state index contributed by atoms with van der Waals surface area (Å²) in [5.74, 6) is -0.805. The number of phenols is 1. The highest BCUT2D eigenvalue weighted by Gasteiger charge is 2.09. The first-order chi connectivity index (χ1) is 11.1. The zero-order chi connectivity index (χ0) is 16.7. The van der Waals surface area contributed by atoms with Gasteiger partial charge in [-0.25, -0.2) is 4.39 Å². The molecule has 0 saturated carbocycles. The zero-order valence-electron chi connectivity index (χ0n) is 12.1. The van der Waals surface area contributed by atoms with Crippen LogP contribution in [0.4, 0.5) is 10.1 Å². The molecule has 0 aliphatic rings. The SMILES string of the molecule is N#C/C(=C/NCc1ccc(F)cc1)C(=O)Nc1ccc(O)cc1. The highest BCUT2D eigenvalue weighted by molar-refractivity contribution is 6.06. The lowest BCUT2D eigenvalue weighted by molar-refractivity contribution is -0.112. The summed E-state index contributed by atoms with van der Waals surface area (Å²) >= 11 is 0. The minimum atomic E-state index is -0.565. The van der Waals surface area contributed by atoms with Crippen molar-refractivity contribution in [1.29, 1.82) is 5.26 Å². The molecule has 2 aromatic carbocycles. The minimum absolute atomic E-state index is 0.0833. The number of nitrogens with one attached hydrogen (secondary N) is 2. The van der Waals surface area contributed by atoms with Gasteiger partial charge in [-0.3, -0.25) is 4.79 Å². The number of benzene rings is 2. The van der Waals surface area contributed by atoms with E-state index in [4.69, 9.17) is 5.26 Å². The van der Waals surface area contributed by atoms with Gasteiger partial charge in [0.1, 0.15) is 23.2 Å². The largest absolute Gasteiger partial charge is 0.508 e. The summed E-state index contributed by atoms with van der Waals surface area (Å²) in [7, 11) is 0. The monoisotopic (exact) mass is 311 g/mol. The van der Waals surface area contributed by atoms with E-state index < -0.39 is 5.91 Å². The standard InChI is InChI=1S/C17H14FN3O2/c18-14-3-1-12(2-4-14)10-20-11-13(9-19)17(23)21-15-5-7-16(22)8-6-15/h1-8,11,20,22H,10H2,(H,21,23)/b13-11-. The van der Waals surface area contributed by atoms with Crippen LogP contribution in [-0.4, -0.2) is 11.0 Å². The van der Waals surface area contributed by atoms with Crippen molar-refractivity contribution in [2.45, 2.75) is 6.54 Å². The maximum atomic E-state index is 12.8. The first-order valence-corrected chi connectivity index (χ1v) is 6.77. The summed E-state index contributed by atoms with van der Waals surface area (Å²) in [6.07, 6.45) is 1.30. The fourth-order valence-electron chi connectivity index (χ4n) is 1.76. The molecule has 23 heavy (non-hydrogen) atoms. The molecule has 0 heterocycles. The van der Waals surface area contributed by atoms with Crippen molar-refractivity contribution >= 4 is 11.6 Å². The molecule has 0 aliphatic carbocycles. The Labute approximate surface area is 132 Å². The normalized spacial score (nSPS) is 10.7. The summed E-state index contributed by atoms with van der Waals surface area (Å²) in [4.78, 5) is 12.0. The molecule has 0 aromatic heterocycles. The fraction of sp³-hybridized carbons (Fsp3) is 0.0588. The third-order valence-corrected chi connectivity index (χ3v) is 2.96. The predicted octanol–water partition coefficient (Wildman–Crippen LogP) is 2.67.